The quantitative estimate of drug-likeness (QED) is 0.742. The van der Waals surface area contributed by atoms with Gasteiger partial charge in [-0.1, -0.05) is 26.0 Å². The van der Waals surface area contributed by atoms with Crippen LogP contribution in [0.5, 0.6) is 5.75 Å². The molecular formula is C19H31N3O2. The van der Waals surface area contributed by atoms with Crippen molar-refractivity contribution in [1.82, 2.24) is 10.2 Å². The van der Waals surface area contributed by atoms with Crippen LogP contribution in [0.2, 0.25) is 0 Å². The fourth-order valence-corrected chi connectivity index (χ4v) is 3.08. The number of rotatable bonds is 8. The van der Waals surface area contributed by atoms with E-state index in [4.69, 9.17) is 4.74 Å². The van der Waals surface area contributed by atoms with Crippen LogP contribution in [0.1, 0.15) is 26.7 Å². The summed E-state index contributed by atoms with van der Waals surface area (Å²) in [4.78, 5) is 16.5. The minimum absolute atomic E-state index is 0.172. The molecular weight excluding hydrogens is 302 g/mol. The third-order valence-corrected chi connectivity index (χ3v) is 4.37. The molecule has 0 aromatic heterocycles. The Kier molecular flexibility index (Phi) is 7.37. The summed E-state index contributed by atoms with van der Waals surface area (Å²) in [6.45, 7) is 10.1. The Balaban J connectivity index is 1.67. The van der Waals surface area contributed by atoms with Gasteiger partial charge >= 0.3 is 0 Å². The molecule has 1 heterocycles. The topological polar surface area (TPSA) is 44.8 Å². The van der Waals surface area contributed by atoms with E-state index < -0.39 is 0 Å². The number of nitrogens with zero attached hydrogens (tertiary/aromatic N) is 2. The van der Waals surface area contributed by atoms with E-state index in [1.54, 1.807) is 7.11 Å². The van der Waals surface area contributed by atoms with E-state index in [0.29, 0.717) is 12.3 Å². The minimum Gasteiger partial charge on any atom is -0.495 e. The number of benzene rings is 1. The van der Waals surface area contributed by atoms with Gasteiger partial charge in [-0.25, -0.2) is 0 Å². The molecule has 1 N–H and O–H groups in total. The van der Waals surface area contributed by atoms with E-state index in [1.165, 1.54) is 5.69 Å². The SMILES string of the molecule is COc1ccccc1N1CCN(CCCNC(=O)CC(C)C)CC1. The van der Waals surface area contributed by atoms with Crippen molar-refractivity contribution >= 4 is 11.6 Å². The average molecular weight is 333 g/mol. The molecule has 0 saturated carbocycles. The van der Waals surface area contributed by atoms with Crippen LogP contribution in [0.3, 0.4) is 0 Å². The normalized spacial score (nSPS) is 15.6. The summed E-state index contributed by atoms with van der Waals surface area (Å²) in [5.74, 6) is 1.54. The highest BCUT2D eigenvalue weighted by atomic mass is 16.5. The lowest BCUT2D eigenvalue weighted by atomic mass is 10.1. The first-order chi connectivity index (χ1) is 11.6. The van der Waals surface area contributed by atoms with Crippen LogP contribution in [0.4, 0.5) is 5.69 Å². The summed E-state index contributed by atoms with van der Waals surface area (Å²) in [6, 6.07) is 8.20. The first-order valence-electron chi connectivity index (χ1n) is 8.97. The van der Waals surface area contributed by atoms with Crippen LogP contribution in [-0.2, 0) is 4.79 Å². The zero-order valence-corrected chi connectivity index (χ0v) is 15.3. The number of ether oxygens (including phenoxy) is 1. The lowest BCUT2D eigenvalue weighted by Crippen LogP contribution is -2.47. The van der Waals surface area contributed by atoms with Gasteiger partial charge in [0.2, 0.25) is 5.91 Å². The molecule has 1 aromatic carbocycles. The summed E-state index contributed by atoms with van der Waals surface area (Å²) in [5.41, 5.74) is 1.18. The predicted octanol–water partition coefficient (Wildman–Crippen LogP) is 2.37. The molecule has 134 valence electrons. The molecule has 1 aliphatic heterocycles. The third-order valence-electron chi connectivity index (χ3n) is 4.37. The fourth-order valence-electron chi connectivity index (χ4n) is 3.08. The number of hydrogen-bond donors (Lipinski definition) is 1. The Bertz CT molecular complexity index is 511. The molecule has 1 aliphatic rings. The number of nitrogens with one attached hydrogen (secondary N) is 1. The molecule has 0 spiro atoms. The number of hydrogen-bond acceptors (Lipinski definition) is 4. The second-order valence-electron chi connectivity index (χ2n) is 6.80. The number of piperazine rings is 1. The molecule has 0 aliphatic carbocycles. The number of methoxy groups -OCH3 is 1. The van der Waals surface area contributed by atoms with Crippen molar-refractivity contribution < 1.29 is 9.53 Å². The Labute approximate surface area is 146 Å². The van der Waals surface area contributed by atoms with Gasteiger partial charge in [0.25, 0.3) is 0 Å². The molecule has 2 rings (SSSR count). The minimum atomic E-state index is 0.172. The van der Waals surface area contributed by atoms with E-state index >= 15 is 0 Å². The van der Waals surface area contributed by atoms with Crippen LogP contribution in [0.15, 0.2) is 24.3 Å². The molecule has 1 amide bonds. The van der Waals surface area contributed by atoms with Crippen molar-refractivity contribution in [1.29, 1.82) is 0 Å². The van der Waals surface area contributed by atoms with Gasteiger partial charge in [-0.2, -0.15) is 0 Å². The van der Waals surface area contributed by atoms with Gasteiger partial charge in [-0.3, -0.25) is 9.69 Å². The zero-order valence-electron chi connectivity index (χ0n) is 15.3. The van der Waals surface area contributed by atoms with Crippen molar-refractivity contribution in [3.05, 3.63) is 24.3 Å². The number of para-hydroxylation sites is 2. The van der Waals surface area contributed by atoms with Gasteiger partial charge in [0.15, 0.2) is 0 Å². The maximum Gasteiger partial charge on any atom is 0.220 e. The van der Waals surface area contributed by atoms with Crippen LogP contribution in [0.25, 0.3) is 0 Å². The summed E-state index contributed by atoms with van der Waals surface area (Å²) in [6.07, 6.45) is 1.63. The Morgan fingerprint density at radius 3 is 2.58 bits per heavy atom. The lowest BCUT2D eigenvalue weighted by molar-refractivity contribution is -0.121. The van der Waals surface area contributed by atoms with Crippen LogP contribution >= 0.6 is 0 Å². The molecule has 0 bridgehead atoms. The van der Waals surface area contributed by atoms with Gasteiger partial charge in [-0.05, 0) is 31.0 Å². The number of carbonyl (C=O) groups excluding carboxylic acids is 1. The zero-order chi connectivity index (χ0) is 17.4. The molecule has 0 radical (unpaired) electrons. The van der Waals surface area contributed by atoms with Crippen molar-refractivity contribution in [3.8, 4) is 5.75 Å². The number of amides is 1. The largest absolute Gasteiger partial charge is 0.495 e. The van der Waals surface area contributed by atoms with E-state index in [0.717, 1.165) is 51.4 Å². The second-order valence-corrected chi connectivity index (χ2v) is 6.80. The van der Waals surface area contributed by atoms with Crippen molar-refractivity contribution in [3.63, 3.8) is 0 Å². The maximum absolute atomic E-state index is 11.6. The first kappa shape index (κ1) is 18.6. The highest BCUT2D eigenvalue weighted by Crippen LogP contribution is 2.28. The summed E-state index contributed by atoms with van der Waals surface area (Å²) in [7, 11) is 1.72. The predicted molar refractivity (Wildman–Crippen MR) is 98.7 cm³/mol. The van der Waals surface area contributed by atoms with E-state index in [1.807, 2.05) is 12.1 Å². The van der Waals surface area contributed by atoms with Crippen molar-refractivity contribution in [2.45, 2.75) is 26.7 Å². The number of anilines is 1. The highest BCUT2D eigenvalue weighted by Gasteiger charge is 2.19. The standard InChI is InChI=1S/C19H31N3O2/c1-16(2)15-19(23)20-9-6-10-21-11-13-22(14-12-21)17-7-4-5-8-18(17)24-3/h4-5,7-8,16H,6,9-15H2,1-3H3,(H,20,23). The first-order valence-corrected chi connectivity index (χ1v) is 8.97. The summed E-state index contributed by atoms with van der Waals surface area (Å²) < 4.78 is 5.46. The monoisotopic (exact) mass is 333 g/mol. The highest BCUT2D eigenvalue weighted by molar-refractivity contribution is 5.75. The van der Waals surface area contributed by atoms with Gasteiger partial charge in [0, 0.05) is 39.1 Å². The molecule has 1 saturated heterocycles. The van der Waals surface area contributed by atoms with Crippen LogP contribution in [0, 0.1) is 5.92 Å². The van der Waals surface area contributed by atoms with E-state index in [2.05, 4.69) is 41.1 Å². The molecule has 5 nitrogen and oxygen atoms in total. The Hall–Kier alpha value is -1.75. The van der Waals surface area contributed by atoms with Crippen LogP contribution < -0.4 is 15.0 Å². The maximum atomic E-state index is 11.6. The van der Waals surface area contributed by atoms with E-state index in [-0.39, 0.29) is 5.91 Å². The Morgan fingerprint density at radius 2 is 1.92 bits per heavy atom. The molecule has 24 heavy (non-hydrogen) atoms. The molecule has 1 aromatic rings. The number of carbonyl (C=O) groups is 1. The average Bonchev–Trinajstić information content (AvgIpc) is 2.58. The van der Waals surface area contributed by atoms with Gasteiger partial charge in [-0.15, -0.1) is 0 Å². The molecule has 5 heteroatoms. The summed E-state index contributed by atoms with van der Waals surface area (Å²) >= 11 is 0. The van der Waals surface area contributed by atoms with E-state index in [9.17, 15) is 4.79 Å². The van der Waals surface area contributed by atoms with Crippen molar-refractivity contribution in [2.24, 2.45) is 5.92 Å². The van der Waals surface area contributed by atoms with Crippen LogP contribution in [-0.4, -0.2) is 57.2 Å². The van der Waals surface area contributed by atoms with Gasteiger partial charge < -0.3 is 15.0 Å². The van der Waals surface area contributed by atoms with Gasteiger partial charge in [0.05, 0.1) is 12.8 Å². The summed E-state index contributed by atoms with van der Waals surface area (Å²) in [5, 5.41) is 3.01. The molecule has 1 fully saturated rings. The lowest BCUT2D eigenvalue weighted by Gasteiger charge is -2.36. The molecule has 0 atom stereocenters. The smallest absolute Gasteiger partial charge is 0.220 e. The van der Waals surface area contributed by atoms with Gasteiger partial charge in [0.1, 0.15) is 5.75 Å². The Morgan fingerprint density at radius 1 is 1.21 bits per heavy atom. The second kappa shape index (κ2) is 9.52. The van der Waals surface area contributed by atoms with Crippen molar-refractivity contribution in [2.75, 3.05) is 51.3 Å². The molecule has 0 unspecified atom stereocenters. The third kappa shape index (κ3) is 5.71. The fraction of sp³-hybridized carbons (Fsp3) is 0.632.